The standard InChI is InChI=1S/C16H18N4OS2/c1-4-8-19(9-5-2)13(12-7-6-10-22-12)14-15(21)20-16(23-14)17-11(3)18-20/h4-7,10,13,21H,1-2,8-9H2,3H3. The first-order valence-electron chi connectivity index (χ1n) is 7.20. The van der Waals surface area contributed by atoms with Gasteiger partial charge in [-0.1, -0.05) is 29.6 Å². The fourth-order valence-electron chi connectivity index (χ4n) is 2.56. The van der Waals surface area contributed by atoms with Crippen LogP contribution in [0.5, 0.6) is 5.88 Å². The van der Waals surface area contributed by atoms with Crippen molar-refractivity contribution in [2.75, 3.05) is 13.1 Å². The molecule has 0 radical (unpaired) electrons. The Hall–Kier alpha value is -1.96. The molecule has 3 aromatic heterocycles. The van der Waals surface area contributed by atoms with Crippen LogP contribution < -0.4 is 0 Å². The monoisotopic (exact) mass is 346 g/mol. The van der Waals surface area contributed by atoms with Crippen molar-refractivity contribution in [3.8, 4) is 5.88 Å². The average molecular weight is 346 g/mol. The number of aromatic nitrogens is 3. The number of aryl methyl sites for hydroxylation is 1. The zero-order valence-corrected chi connectivity index (χ0v) is 14.5. The summed E-state index contributed by atoms with van der Waals surface area (Å²) in [5.41, 5.74) is 0. The highest BCUT2D eigenvalue weighted by Gasteiger charge is 2.29. The first-order valence-corrected chi connectivity index (χ1v) is 8.89. The molecule has 3 rings (SSSR count). The summed E-state index contributed by atoms with van der Waals surface area (Å²) in [5, 5.41) is 17.0. The molecule has 0 bridgehead atoms. The van der Waals surface area contributed by atoms with E-state index in [2.05, 4.69) is 34.2 Å². The fraction of sp³-hybridized carbons (Fsp3) is 0.250. The molecule has 0 saturated heterocycles. The van der Waals surface area contributed by atoms with Gasteiger partial charge in [0.05, 0.1) is 10.9 Å². The lowest BCUT2D eigenvalue weighted by molar-refractivity contribution is 0.277. The van der Waals surface area contributed by atoms with E-state index in [1.165, 1.54) is 15.9 Å². The Morgan fingerprint density at radius 1 is 1.39 bits per heavy atom. The number of hydrogen-bond acceptors (Lipinski definition) is 6. The molecule has 0 spiro atoms. The van der Waals surface area contributed by atoms with Gasteiger partial charge in [-0.3, -0.25) is 4.90 Å². The summed E-state index contributed by atoms with van der Waals surface area (Å²) in [4.78, 5) is 9.28. The number of rotatable bonds is 7. The zero-order valence-electron chi connectivity index (χ0n) is 12.8. The molecule has 23 heavy (non-hydrogen) atoms. The summed E-state index contributed by atoms with van der Waals surface area (Å²) < 4.78 is 1.51. The maximum Gasteiger partial charge on any atom is 0.230 e. The van der Waals surface area contributed by atoms with Crippen molar-refractivity contribution >= 4 is 27.6 Å². The summed E-state index contributed by atoms with van der Waals surface area (Å²) in [6.45, 7) is 10.9. The number of nitrogens with zero attached hydrogens (tertiary/aromatic N) is 4. The molecule has 0 fully saturated rings. The maximum absolute atomic E-state index is 10.7. The second kappa shape index (κ2) is 6.66. The molecular formula is C16H18N4OS2. The van der Waals surface area contributed by atoms with Crippen LogP contribution in [0, 0.1) is 6.92 Å². The highest BCUT2D eigenvalue weighted by Crippen LogP contribution is 2.41. The second-order valence-corrected chi connectivity index (χ2v) is 7.08. The van der Waals surface area contributed by atoms with Gasteiger partial charge < -0.3 is 5.11 Å². The van der Waals surface area contributed by atoms with Crippen molar-refractivity contribution < 1.29 is 5.11 Å². The predicted molar refractivity (Wildman–Crippen MR) is 95.4 cm³/mol. The minimum Gasteiger partial charge on any atom is -0.492 e. The number of thiophene rings is 1. The molecular weight excluding hydrogens is 328 g/mol. The van der Waals surface area contributed by atoms with E-state index >= 15 is 0 Å². The molecule has 1 unspecified atom stereocenters. The van der Waals surface area contributed by atoms with E-state index in [0.29, 0.717) is 23.9 Å². The first-order chi connectivity index (χ1) is 11.2. The van der Waals surface area contributed by atoms with Crippen molar-refractivity contribution in [1.29, 1.82) is 0 Å². The van der Waals surface area contributed by atoms with Crippen molar-refractivity contribution in [2.45, 2.75) is 13.0 Å². The van der Waals surface area contributed by atoms with Crippen molar-refractivity contribution in [2.24, 2.45) is 0 Å². The van der Waals surface area contributed by atoms with Crippen LogP contribution in [0.2, 0.25) is 0 Å². The second-order valence-electron chi connectivity index (χ2n) is 5.09. The maximum atomic E-state index is 10.7. The third kappa shape index (κ3) is 2.95. The predicted octanol–water partition coefficient (Wildman–Crippen LogP) is 3.63. The number of thiazole rings is 1. The largest absolute Gasteiger partial charge is 0.492 e. The molecule has 3 aromatic rings. The molecule has 0 aliphatic carbocycles. The lowest BCUT2D eigenvalue weighted by Gasteiger charge is -2.28. The van der Waals surface area contributed by atoms with Crippen LogP contribution in [0.15, 0.2) is 42.8 Å². The molecule has 7 heteroatoms. The summed E-state index contributed by atoms with van der Waals surface area (Å²) in [6.07, 6.45) is 3.73. The van der Waals surface area contributed by atoms with Crippen LogP contribution in [0.25, 0.3) is 4.96 Å². The van der Waals surface area contributed by atoms with Gasteiger partial charge in [-0.05, 0) is 18.4 Å². The Balaban J connectivity index is 2.12. The van der Waals surface area contributed by atoms with Crippen LogP contribution in [-0.4, -0.2) is 37.7 Å². The van der Waals surface area contributed by atoms with E-state index in [1.807, 2.05) is 30.5 Å². The molecule has 120 valence electrons. The normalized spacial score (nSPS) is 12.8. The van der Waals surface area contributed by atoms with E-state index in [9.17, 15) is 5.11 Å². The van der Waals surface area contributed by atoms with Crippen LogP contribution in [0.1, 0.15) is 21.6 Å². The summed E-state index contributed by atoms with van der Waals surface area (Å²) in [5.74, 6) is 0.807. The number of aromatic hydroxyl groups is 1. The minimum absolute atomic E-state index is 0.0696. The van der Waals surface area contributed by atoms with Crippen LogP contribution in [-0.2, 0) is 0 Å². The van der Waals surface area contributed by atoms with Gasteiger partial charge in [0.25, 0.3) is 0 Å². The summed E-state index contributed by atoms with van der Waals surface area (Å²) >= 11 is 3.13. The highest BCUT2D eigenvalue weighted by atomic mass is 32.1. The van der Waals surface area contributed by atoms with Crippen molar-refractivity contribution in [1.82, 2.24) is 19.5 Å². The Kier molecular flexibility index (Phi) is 4.61. The quantitative estimate of drug-likeness (QED) is 0.664. The SMILES string of the molecule is C=CCN(CC=C)C(c1cccs1)c1sc2nc(C)nn2c1O. The van der Waals surface area contributed by atoms with Gasteiger partial charge in [0.1, 0.15) is 5.82 Å². The molecule has 0 aliphatic heterocycles. The topological polar surface area (TPSA) is 53.7 Å². The first kappa shape index (κ1) is 15.9. The summed E-state index contributed by atoms with van der Waals surface area (Å²) in [6, 6.07) is 4.03. The lowest BCUT2D eigenvalue weighted by Crippen LogP contribution is -2.29. The molecule has 3 heterocycles. The Morgan fingerprint density at radius 2 is 2.13 bits per heavy atom. The van der Waals surface area contributed by atoms with Gasteiger partial charge in [-0.25, -0.2) is 4.98 Å². The lowest BCUT2D eigenvalue weighted by atomic mass is 10.1. The number of fused-ring (bicyclic) bond motifs is 1. The highest BCUT2D eigenvalue weighted by molar-refractivity contribution is 7.17. The summed E-state index contributed by atoms with van der Waals surface area (Å²) in [7, 11) is 0. The van der Waals surface area contributed by atoms with Gasteiger partial charge in [0.2, 0.25) is 10.8 Å². The van der Waals surface area contributed by atoms with E-state index in [4.69, 9.17) is 0 Å². The minimum atomic E-state index is -0.0696. The van der Waals surface area contributed by atoms with Crippen LogP contribution in [0.4, 0.5) is 0 Å². The average Bonchev–Trinajstić information content (AvgIpc) is 3.21. The molecule has 0 aromatic carbocycles. The Bertz CT molecular complexity index is 809. The molecule has 5 nitrogen and oxygen atoms in total. The van der Waals surface area contributed by atoms with E-state index in [-0.39, 0.29) is 11.9 Å². The Labute approximate surface area is 142 Å². The Morgan fingerprint density at radius 3 is 2.70 bits per heavy atom. The van der Waals surface area contributed by atoms with Crippen molar-refractivity contribution in [3.63, 3.8) is 0 Å². The van der Waals surface area contributed by atoms with E-state index < -0.39 is 0 Å². The number of hydrogen-bond donors (Lipinski definition) is 1. The van der Waals surface area contributed by atoms with Crippen LogP contribution >= 0.6 is 22.7 Å². The van der Waals surface area contributed by atoms with E-state index in [0.717, 1.165) is 9.75 Å². The zero-order chi connectivity index (χ0) is 16.4. The molecule has 0 amide bonds. The van der Waals surface area contributed by atoms with Crippen molar-refractivity contribution in [3.05, 3.63) is 58.4 Å². The van der Waals surface area contributed by atoms with Gasteiger partial charge in [0, 0.05) is 18.0 Å². The fourth-order valence-corrected chi connectivity index (χ4v) is 4.66. The van der Waals surface area contributed by atoms with Gasteiger partial charge >= 0.3 is 0 Å². The smallest absolute Gasteiger partial charge is 0.230 e. The molecule has 0 aliphatic rings. The van der Waals surface area contributed by atoms with Gasteiger partial charge in [-0.15, -0.1) is 29.6 Å². The third-order valence-corrected chi connectivity index (χ3v) is 5.46. The van der Waals surface area contributed by atoms with E-state index in [1.54, 1.807) is 11.3 Å². The van der Waals surface area contributed by atoms with Gasteiger partial charge in [-0.2, -0.15) is 4.52 Å². The van der Waals surface area contributed by atoms with Gasteiger partial charge in [0.15, 0.2) is 0 Å². The molecule has 1 N–H and O–H groups in total. The molecule has 1 atom stereocenters. The third-order valence-electron chi connectivity index (χ3n) is 3.46. The van der Waals surface area contributed by atoms with Crippen LogP contribution in [0.3, 0.4) is 0 Å². The molecule has 0 saturated carbocycles.